The lowest BCUT2D eigenvalue weighted by Crippen LogP contribution is -2.19. The molecule has 0 spiro atoms. The molecule has 1 saturated carbocycles. The normalized spacial score (nSPS) is 19.0. The van der Waals surface area contributed by atoms with Crippen molar-refractivity contribution in [3.63, 3.8) is 0 Å². The summed E-state index contributed by atoms with van der Waals surface area (Å²) >= 11 is 6.14. The third-order valence-corrected chi connectivity index (χ3v) is 5.23. The van der Waals surface area contributed by atoms with Gasteiger partial charge in [-0.1, -0.05) is 23.7 Å². The third kappa shape index (κ3) is 3.60. The maximum absolute atomic E-state index is 12.4. The largest absolute Gasteiger partial charge is 0.468 e. The van der Waals surface area contributed by atoms with E-state index in [4.69, 9.17) is 16.3 Å². The van der Waals surface area contributed by atoms with Gasteiger partial charge in [-0.05, 0) is 42.0 Å². The van der Waals surface area contributed by atoms with Gasteiger partial charge in [-0.3, -0.25) is 0 Å². The minimum atomic E-state index is -4.40. The van der Waals surface area contributed by atoms with E-state index in [1.807, 2.05) is 24.3 Å². The fourth-order valence-corrected chi connectivity index (χ4v) is 3.87. The molecule has 1 aromatic carbocycles. The summed E-state index contributed by atoms with van der Waals surface area (Å²) in [5.41, 5.74) is 3.49. The maximum atomic E-state index is 12.4. The summed E-state index contributed by atoms with van der Waals surface area (Å²) in [5.74, 6) is 0.474. The SMILES string of the molecule is FC(F)(F)COc1ccc2ccc([C@H]3C[C@@H]3c3cc(Cl)nn4ccnc34)cc2n1. The molecule has 0 amide bonds. The van der Waals surface area contributed by atoms with Crippen LogP contribution in [0.25, 0.3) is 16.6 Å². The number of benzene rings is 1. The van der Waals surface area contributed by atoms with Gasteiger partial charge in [0.05, 0.1) is 5.52 Å². The highest BCUT2D eigenvalue weighted by atomic mass is 35.5. The number of imidazole rings is 1. The highest BCUT2D eigenvalue weighted by Gasteiger charge is 2.41. The van der Waals surface area contributed by atoms with Crippen LogP contribution in [0.3, 0.4) is 0 Å². The van der Waals surface area contributed by atoms with E-state index in [1.165, 1.54) is 6.07 Å². The van der Waals surface area contributed by atoms with E-state index in [2.05, 4.69) is 15.1 Å². The van der Waals surface area contributed by atoms with Crippen molar-refractivity contribution in [2.75, 3.05) is 6.61 Å². The Hall–Kier alpha value is -2.87. The van der Waals surface area contributed by atoms with Crippen LogP contribution < -0.4 is 4.74 Å². The van der Waals surface area contributed by atoms with E-state index in [9.17, 15) is 13.2 Å². The van der Waals surface area contributed by atoms with Gasteiger partial charge < -0.3 is 4.74 Å². The minimum absolute atomic E-state index is 0.0423. The van der Waals surface area contributed by atoms with Crippen molar-refractivity contribution < 1.29 is 17.9 Å². The Balaban J connectivity index is 1.43. The molecule has 5 nitrogen and oxygen atoms in total. The van der Waals surface area contributed by atoms with Crippen molar-refractivity contribution in [2.24, 2.45) is 0 Å². The van der Waals surface area contributed by atoms with Gasteiger partial charge in [-0.25, -0.2) is 14.5 Å². The molecule has 0 aliphatic heterocycles. The lowest BCUT2D eigenvalue weighted by molar-refractivity contribution is -0.154. The molecule has 0 saturated heterocycles. The van der Waals surface area contributed by atoms with Crippen molar-refractivity contribution in [3.8, 4) is 5.88 Å². The lowest BCUT2D eigenvalue weighted by Gasteiger charge is -2.09. The van der Waals surface area contributed by atoms with Crippen LogP contribution in [0, 0.1) is 0 Å². The number of ether oxygens (including phenoxy) is 1. The number of nitrogens with zero attached hydrogens (tertiary/aromatic N) is 4. The zero-order valence-electron chi connectivity index (χ0n) is 14.9. The Morgan fingerprint density at radius 3 is 2.79 bits per heavy atom. The first-order chi connectivity index (χ1) is 13.9. The summed E-state index contributed by atoms with van der Waals surface area (Å²) in [6, 6.07) is 10.9. The number of fused-ring (bicyclic) bond motifs is 2. The van der Waals surface area contributed by atoms with E-state index in [1.54, 1.807) is 23.0 Å². The molecule has 3 heterocycles. The number of hydrogen-bond donors (Lipinski definition) is 0. The Kier molecular flexibility index (Phi) is 4.13. The second kappa shape index (κ2) is 6.59. The van der Waals surface area contributed by atoms with Gasteiger partial charge in [0.2, 0.25) is 5.88 Å². The number of rotatable bonds is 4. The Bertz CT molecular complexity index is 1220. The zero-order chi connectivity index (χ0) is 20.2. The van der Waals surface area contributed by atoms with Crippen molar-refractivity contribution in [1.82, 2.24) is 19.6 Å². The van der Waals surface area contributed by atoms with Crippen LogP contribution in [0.15, 0.2) is 48.8 Å². The Labute approximate surface area is 168 Å². The van der Waals surface area contributed by atoms with Crippen LogP contribution in [0.5, 0.6) is 5.88 Å². The number of halogens is 4. The Morgan fingerprint density at radius 1 is 1.14 bits per heavy atom. The van der Waals surface area contributed by atoms with Crippen LogP contribution in [0.4, 0.5) is 13.2 Å². The monoisotopic (exact) mass is 418 g/mol. The molecule has 148 valence electrons. The van der Waals surface area contributed by atoms with Crippen LogP contribution >= 0.6 is 11.6 Å². The van der Waals surface area contributed by atoms with Crippen molar-refractivity contribution >= 4 is 28.2 Å². The lowest BCUT2D eigenvalue weighted by atomic mass is 10.0. The van der Waals surface area contributed by atoms with E-state index < -0.39 is 12.8 Å². The maximum Gasteiger partial charge on any atom is 0.422 e. The second-order valence-electron chi connectivity index (χ2n) is 7.07. The average molecular weight is 419 g/mol. The zero-order valence-corrected chi connectivity index (χ0v) is 15.7. The molecule has 0 unspecified atom stereocenters. The molecular formula is C20H14ClF3N4O. The predicted molar refractivity (Wildman–Crippen MR) is 101 cm³/mol. The standard InChI is InChI=1S/C20H14ClF3N4O/c21-17-9-15(19-25-5-6-28(19)27-17)14-8-13(14)12-2-1-11-3-4-18(26-16(11)7-12)29-10-20(22,23)24/h1-7,9,13-14H,8,10H2/t13-,14+/m1/s1. The van der Waals surface area contributed by atoms with Crippen molar-refractivity contribution in [1.29, 1.82) is 0 Å². The van der Waals surface area contributed by atoms with Gasteiger partial charge in [-0.15, -0.1) is 0 Å². The predicted octanol–water partition coefficient (Wildman–Crippen LogP) is 5.14. The first kappa shape index (κ1) is 18.2. The number of pyridine rings is 1. The quantitative estimate of drug-likeness (QED) is 0.460. The van der Waals surface area contributed by atoms with Gasteiger partial charge in [0.15, 0.2) is 12.3 Å². The van der Waals surface area contributed by atoms with E-state index in [0.29, 0.717) is 10.7 Å². The van der Waals surface area contributed by atoms with Gasteiger partial charge in [0, 0.05) is 29.4 Å². The van der Waals surface area contributed by atoms with Crippen LogP contribution in [0.1, 0.15) is 29.4 Å². The smallest absolute Gasteiger partial charge is 0.422 e. The summed E-state index contributed by atoms with van der Waals surface area (Å²) in [7, 11) is 0. The molecule has 1 aliphatic rings. The van der Waals surface area contributed by atoms with Crippen LogP contribution in [-0.4, -0.2) is 32.4 Å². The Morgan fingerprint density at radius 2 is 1.97 bits per heavy atom. The summed E-state index contributed by atoms with van der Waals surface area (Å²) in [6.07, 6.45) is -0.0329. The first-order valence-corrected chi connectivity index (χ1v) is 9.35. The van der Waals surface area contributed by atoms with E-state index >= 15 is 0 Å². The number of alkyl halides is 3. The topological polar surface area (TPSA) is 52.3 Å². The molecule has 1 aliphatic carbocycles. The summed E-state index contributed by atoms with van der Waals surface area (Å²) in [6.45, 7) is -1.36. The van der Waals surface area contributed by atoms with Gasteiger partial charge >= 0.3 is 6.18 Å². The number of aromatic nitrogens is 4. The minimum Gasteiger partial charge on any atom is -0.468 e. The molecule has 3 aromatic heterocycles. The van der Waals surface area contributed by atoms with E-state index in [0.717, 1.165) is 28.6 Å². The van der Waals surface area contributed by atoms with Gasteiger partial charge in [0.1, 0.15) is 5.15 Å². The molecule has 1 fully saturated rings. The molecule has 5 rings (SSSR count). The average Bonchev–Trinajstić information content (AvgIpc) is 3.34. The third-order valence-electron chi connectivity index (χ3n) is 5.05. The van der Waals surface area contributed by atoms with Gasteiger partial charge in [-0.2, -0.15) is 18.3 Å². The molecule has 0 N–H and O–H groups in total. The van der Waals surface area contributed by atoms with Crippen molar-refractivity contribution in [2.45, 2.75) is 24.4 Å². The van der Waals surface area contributed by atoms with Crippen LogP contribution in [-0.2, 0) is 0 Å². The second-order valence-corrected chi connectivity index (χ2v) is 7.46. The van der Waals surface area contributed by atoms with Gasteiger partial charge in [0.25, 0.3) is 0 Å². The molecule has 0 radical (unpaired) electrons. The summed E-state index contributed by atoms with van der Waals surface area (Å²) in [5, 5.41) is 5.45. The molecule has 9 heteroatoms. The molecule has 29 heavy (non-hydrogen) atoms. The molecule has 4 aromatic rings. The molecule has 2 atom stereocenters. The summed E-state index contributed by atoms with van der Waals surface area (Å²) < 4.78 is 43.6. The highest BCUT2D eigenvalue weighted by Crippen LogP contribution is 2.55. The van der Waals surface area contributed by atoms with Crippen molar-refractivity contribution in [3.05, 3.63) is 65.1 Å². The molecular weight excluding hydrogens is 405 g/mol. The fourth-order valence-electron chi connectivity index (χ4n) is 3.67. The first-order valence-electron chi connectivity index (χ1n) is 8.97. The highest BCUT2D eigenvalue weighted by molar-refractivity contribution is 6.29. The van der Waals surface area contributed by atoms with E-state index in [-0.39, 0.29) is 17.7 Å². The summed E-state index contributed by atoms with van der Waals surface area (Å²) in [4.78, 5) is 8.60. The molecule has 0 bridgehead atoms. The fraction of sp³-hybridized carbons (Fsp3) is 0.250. The van der Waals surface area contributed by atoms with Crippen LogP contribution in [0.2, 0.25) is 5.15 Å². The number of hydrogen-bond acceptors (Lipinski definition) is 4.